The molecule has 0 N–H and O–H groups in total. The third kappa shape index (κ3) is 4.11. The van der Waals surface area contributed by atoms with Crippen molar-refractivity contribution in [1.29, 1.82) is 0 Å². The second kappa shape index (κ2) is 8.17. The molecule has 4 heteroatoms. The topological polar surface area (TPSA) is 40.6 Å². The Hall–Kier alpha value is -2.62. The number of nitrogens with zero attached hydrogens (tertiary/aromatic N) is 2. The van der Waals surface area contributed by atoms with Crippen molar-refractivity contribution in [1.82, 2.24) is 9.80 Å². The molecule has 2 fully saturated rings. The summed E-state index contributed by atoms with van der Waals surface area (Å²) >= 11 is 0. The number of amides is 2. The van der Waals surface area contributed by atoms with E-state index < -0.39 is 0 Å². The van der Waals surface area contributed by atoms with Crippen molar-refractivity contribution in [2.24, 2.45) is 11.8 Å². The fourth-order valence-electron chi connectivity index (χ4n) is 4.25. The summed E-state index contributed by atoms with van der Waals surface area (Å²) in [6.45, 7) is 1.14. The van der Waals surface area contributed by atoms with Gasteiger partial charge in [0, 0.05) is 26.1 Å². The number of benzene rings is 2. The van der Waals surface area contributed by atoms with Gasteiger partial charge in [-0.2, -0.15) is 0 Å². The maximum absolute atomic E-state index is 13.1. The number of piperidine rings is 1. The van der Waals surface area contributed by atoms with Gasteiger partial charge in [-0.05, 0) is 36.8 Å². The third-order valence-corrected chi connectivity index (χ3v) is 5.96. The minimum Gasteiger partial charge on any atom is -0.341 e. The van der Waals surface area contributed by atoms with Crippen molar-refractivity contribution in [3.8, 4) is 0 Å². The molecule has 0 aromatic heterocycles. The van der Waals surface area contributed by atoms with Gasteiger partial charge in [0.15, 0.2) is 0 Å². The van der Waals surface area contributed by atoms with Crippen LogP contribution in [0.2, 0.25) is 0 Å². The van der Waals surface area contributed by atoms with Crippen LogP contribution in [0.25, 0.3) is 0 Å². The van der Waals surface area contributed by atoms with Gasteiger partial charge >= 0.3 is 0 Å². The summed E-state index contributed by atoms with van der Waals surface area (Å²) in [6, 6.07) is 20.4. The summed E-state index contributed by atoms with van der Waals surface area (Å²) in [5, 5.41) is 0. The van der Waals surface area contributed by atoms with E-state index in [-0.39, 0.29) is 29.7 Å². The first-order valence-electron chi connectivity index (χ1n) is 10.3. The zero-order valence-electron chi connectivity index (χ0n) is 16.5. The second-order valence-electron chi connectivity index (χ2n) is 8.15. The molecule has 1 aliphatic carbocycles. The molecule has 0 radical (unpaired) electrons. The predicted octanol–water partition coefficient (Wildman–Crippen LogP) is 4.03. The Morgan fingerprint density at radius 2 is 1.50 bits per heavy atom. The van der Waals surface area contributed by atoms with Crippen molar-refractivity contribution in [2.75, 3.05) is 13.6 Å². The van der Waals surface area contributed by atoms with E-state index in [2.05, 4.69) is 12.1 Å². The van der Waals surface area contributed by atoms with E-state index in [9.17, 15) is 9.59 Å². The summed E-state index contributed by atoms with van der Waals surface area (Å²) < 4.78 is 0. The van der Waals surface area contributed by atoms with Crippen molar-refractivity contribution in [3.63, 3.8) is 0 Å². The molecule has 2 aliphatic rings. The molecule has 2 unspecified atom stereocenters. The minimum absolute atomic E-state index is 0.0952. The van der Waals surface area contributed by atoms with Crippen molar-refractivity contribution in [3.05, 3.63) is 71.8 Å². The molecule has 0 bridgehead atoms. The molecule has 4 nitrogen and oxygen atoms in total. The van der Waals surface area contributed by atoms with E-state index in [0.29, 0.717) is 13.1 Å². The summed E-state index contributed by atoms with van der Waals surface area (Å²) in [5.41, 5.74) is 2.31. The molecule has 146 valence electrons. The molecule has 2 aromatic rings. The fraction of sp³-hybridized carbons (Fsp3) is 0.417. The van der Waals surface area contributed by atoms with E-state index in [1.807, 2.05) is 65.4 Å². The zero-order chi connectivity index (χ0) is 19.5. The molecule has 1 saturated carbocycles. The molecular formula is C24H28N2O2. The van der Waals surface area contributed by atoms with Gasteiger partial charge in [0.05, 0.1) is 12.0 Å². The first-order chi connectivity index (χ1) is 13.6. The van der Waals surface area contributed by atoms with Crippen LogP contribution in [0.4, 0.5) is 0 Å². The molecule has 2 atom stereocenters. The van der Waals surface area contributed by atoms with Gasteiger partial charge < -0.3 is 9.80 Å². The Morgan fingerprint density at radius 1 is 0.893 bits per heavy atom. The largest absolute Gasteiger partial charge is 0.341 e. The highest BCUT2D eigenvalue weighted by atomic mass is 16.2. The maximum atomic E-state index is 13.1. The summed E-state index contributed by atoms with van der Waals surface area (Å²) in [6.07, 6.45) is 3.65. The van der Waals surface area contributed by atoms with Crippen LogP contribution in [-0.4, -0.2) is 35.2 Å². The highest BCUT2D eigenvalue weighted by Crippen LogP contribution is 2.39. The number of likely N-dealkylation sites (tertiary alicyclic amines) is 1. The zero-order valence-corrected chi connectivity index (χ0v) is 16.5. The molecule has 0 spiro atoms. The van der Waals surface area contributed by atoms with E-state index in [1.165, 1.54) is 5.56 Å². The highest BCUT2D eigenvalue weighted by molar-refractivity contribution is 5.84. The summed E-state index contributed by atoms with van der Waals surface area (Å²) in [5.74, 6) is 0.430. The molecule has 28 heavy (non-hydrogen) atoms. The lowest BCUT2D eigenvalue weighted by Gasteiger charge is -2.40. The molecule has 1 heterocycles. The number of rotatable bonds is 5. The molecule has 2 amide bonds. The third-order valence-electron chi connectivity index (χ3n) is 5.96. The van der Waals surface area contributed by atoms with Crippen molar-refractivity contribution >= 4 is 11.8 Å². The van der Waals surface area contributed by atoms with Crippen LogP contribution in [0.15, 0.2) is 60.7 Å². The molecular weight excluding hydrogens is 348 g/mol. The Labute approximate surface area is 167 Å². The number of carbonyl (C=O) groups is 2. The van der Waals surface area contributed by atoms with Gasteiger partial charge in [-0.25, -0.2) is 0 Å². The first kappa shape index (κ1) is 18.7. The lowest BCUT2D eigenvalue weighted by atomic mass is 9.87. The SMILES string of the molecule is CN(Cc1ccccc1)C(=O)C1CCC(c2ccccc2)N(C(=O)C2CC2)C1. The molecule has 1 saturated heterocycles. The molecule has 2 aromatic carbocycles. The summed E-state index contributed by atoms with van der Waals surface area (Å²) in [7, 11) is 1.87. The Morgan fingerprint density at radius 3 is 2.14 bits per heavy atom. The van der Waals surface area contributed by atoms with Gasteiger partial charge in [-0.3, -0.25) is 9.59 Å². The average Bonchev–Trinajstić information content (AvgIpc) is 3.59. The lowest BCUT2D eigenvalue weighted by Crippen LogP contribution is -2.47. The van der Waals surface area contributed by atoms with Gasteiger partial charge in [-0.1, -0.05) is 60.7 Å². The van der Waals surface area contributed by atoms with Gasteiger partial charge in [-0.15, -0.1) is 0 Å². The van der Waals surface area contributed by atoms with Crippen LogP contribution in [0.3, 0.4) is 0 Å². The Kier molecular flexibility index (Phi) is 5.47. The number of hydrogen-bond donors (Lipinski definition) is 0. The van der Waals surface area contributed by atoms with Crippen LogP contribution in [0.1, 0.15) is 42.9 Å². The smallest absolute Gasteiger partial charge is 0.227 e. The first-order valence-corrected chi connectivity index (χ1v) is 10.3. The quantitative estimate of drug-likeness (QED) is 0.790. The minimum atomic E-state index is -0.114. The molecule has 4 rings (SSSR count). The standard InChI is InChI=1S/C24H28N2O2/c1-25(16-18-8-4-2-5-9-18)23(27)21-14-15-22(19-10-6-3-7-11-19)26(17-21)24(28)20-12-13-20/h2-11,20-22H,12-17H2,1H3. The second-order valence-corrected chi connectivity index (χ2v) is 8.15. The average molecular weight is 377 g/mol. The van der Waals surface area contributed by atoms with Gasteiger partial charge in [0.25, 0.3) is 0 Å². The van der Waals surface area contributed by atoms with Gasteiger partial charge in [0.2, 0.25) is 11.8 Å². The Balaban J connectivity index is 1.47. The van der Waals surface area contributed by atoms with Crippen LogP contribution in [-0.2, 0) is 16.1 Å². The van der Waals surface area contributed by atoms with Crippen molar-refractivity contribution < 1.29 is 9.59 Å². The highest BCUT2D eigenvalue weighted by Gasteiger charge is 2.41. The van der Waals surface area contributed by atoms with Crippen LogP contribution >= 0.6 is 0 Å². The van der Waals surface area contributed by atoms with E-state index in [4.69, 9.17) is 0 Å². The molecule has 1 aliphatic heterocycles. The Bertz CT molecular complexity index is 817. The van der Waals surface area contributed by atoms with Crippen LogP contribution < -0.4 is 0 Å². The summed E-state index contributed by atoms with van der Waals surface area (Å²) in [4.78, 5) is 29.9. The monoisotopic (exact) mass is 376 g/mol. The predicted molar refractivity (Wildman–Crippen MR) is 109 cm³/mol. The van der Waals surface area contributed by atoms with E-state index in [1.54, 1.807) is 0 Å². The number of carbonyl (C=O) groups excluding carboxylic acids is 2. The van der Waals surface area contributed by atoms with Crippen LogP contribution in [0, 0.1) is 11.8 Å². The van der Waals surface area contributed by atoms with Gasteiger partial charge in [0.1, 0.15) is 0 Å². The fourth-order valence-corrected chi connectivity index (χ4v) is 4.25. The van der Waals surface area contributed by atoms with Crippen molar-refractivity contribution in [2.45, 2.75) is 38.3 Å². The van der Waals surface area contributed by atoms with Crippen LogP contribution in [0.5, 0.6) is 0 Å². The van der Waals surface area contributed by atoms with E-state index in [0.717, 1.165) is 31.2 Å². The number of hydrogen-bond acceptors (Lipinski definition) is 2. The normalized spacial score (nSPS) is 22.0. The van der Waals surface area contributed by atoms with E-state index >= 15 is 0 Å². The maximum Gasteiger partial charge on any atom is 0.227 e. The lowest BCUT2D eigenvalue weighted by molar-refractivity contribution is -0.143.